The van der Waals surface area contributed by atoms with E-state index in [1.54, 1.807) is 0 Å². The molecule has 2 heteroatoms. The zero-order valence-electron chi connectivity index (χ0n) is 35.4. The number of benzene rings is 9. The molecule has 10 aromatic rings. The number of hydrogen-bond donors (Lipinski definition) is 0. The molecular weight excluding hydrogens is 749 g/mol. The minimum Gasteiger partial charge on any atom is -0.228 e. The Morgan fingerprint density at radius 3 is 1.55 bits per heavy atom. The van der Waals surface area contributed by atoms with Crippen LogP contribution >= 0.6 is 0 Å². The molecule has 12 rings (SSSR count). The Bertz CT molecular complexity index is 3450. The van der Waals surface area contributed by atoms with E-state index in [2.05, 4.69) is 216 Å². The topological polar surface area (TPSA) is 25.8 Å². The summed E-state index contributed by atoms with van der Waals surface area (Å²) in [7, 11) is 0. The first-order chi connectivity index (χ1) is 30.3. The van der Waals surface area contributed by atoms with Crippen molar-refractivity contribution in [3.63, 3.8) is 0 Å². The van der Waals surface area contributed by atoms with Crippen LogP contribution in [0.3, 0.4) is 0 Å². The largest absolute Gasteiger partial charge is 0.228 e. The van der Waals surface area contributed by atoms with E-state index >= 15 is 0 Å². The van der Waals surface area contributed by atoms with E-state index in [0.29, 0.717) is 5.82 Å². The van der Waals surface area contributed by atoms with E-state index in [1.807, 2.05) is 6.07 Å². The van der Waals surface area contributed by atoms with Crippen LogP contribution in [-0.4, -0.2) is 9.97 Å². The van der Waals surface area contributed by atoms with Gasteiger partial charge in [0.2, 0.25) is 0 Å². The molecule has 0 N–H and O–H groups in total. The highest BCUT2D eigenvalue weighted by Gasteiger charge is 2.39. The van der Waals surface area contributed by atoms with Gasteiger partial charge in [0.05, 0.1) is 11.4 Å². The Balaban J connectivity index is 1.03. The van der Waals surface area contributed by atoms with Crippen LogP contribution in [0.1, 0.15) is 49.9 Å². The monoisotopic (exact) mass is 792 g/mol. The molecule has 0 spiro atoms. The molecule has 0 fully saturated rings. The number of nitrogens with zero attached hydrogens (tertiary/aromatic N) is 2. The van der Waals surface area contributed by atoms with Crippen molar-refractivity contribution >= 4 is 21.5 Å². The number of hydrogen-bond acceptors (Lipinski definition) is 2. The van der Waals surface area contributed by atoms with Gasteiger partial charge in [0.15, 0.2) is 5.82 Å². The molecule has 62 heavy (non-hydrogen) atoms. The smallest absolute Gasteiger partial charge is 0.160 e. The molecule has 2 aliphatic carbocycles. The molecule has 0 bridgehead atoms. The minimum absolute atomic E-state index is 0.120. The second-order valence-electron chi connectivity index (χ2n) is 18.1. The van der Waals surface area contributed by atoms with Crippen molar-refractivity contribution in [2.24, 2.45) is 0 Å². The van der Waals surface area contributed by atoms with E-state index < -0.39 is 0 Å². The van der Waals surface area contributed by atoms with Gasteiger partial charge >= 0.3 is 0 Å². The van der Waals surface area contributed by atoms with E-state index in [0.717, 1.165) is 28.1 Å². The van der Waals surface area contributed by atoms with Crippen molar-refractivity contribution < 1.29 is 0 Å². The van der Waals surface area contributed by atoms with E-state index in [1.165, 1.54) is 88.3 Å². The molecular formula is C60H44N2. The van der Waals surface area contributed by atoms with Crippen LogP contribution in [0.15, 0.2) is 194 Å². The molecule has 1 heterocycles. The maximum Gasteiger partial charge on any atom is 0.160 e. The zero-order chi connectivity index (χ0) is 41.7. The first kappa shape index (κ1) is 36.4. The summed E-state index contributed by atoms with van der Waals surface area (Å²) in [6.07, 6.45) is 0. The number of fused-ring (bicyclic) bond motifs is 8. The second kappa shape index (κ2) is 13.5. The highest BCUT2D eigenvalue weighted by Crippen LogP contribution is 2.55. The molecule has 1 aromatic heterocycles. The summed E-state index contributed by atoms with van der Waals surface area (Å²) in [5.74, 6) is 0.715. The standard InChI is InChI=1S/C60H44N2/c1-59(2)50-27-15-25-42(37-17-7-5-8-18-37)56(50)48-30-29-41(35-52(48)59)54-36-55(62-58(61-54)38-19-9-6-10-20-38)46-32-31-45(43-23-13-14-24-44(43)46)47-26-16-28-51-57(47)49-33-39-21-11-12-22-40(39)34-53(49)60(51,3)4/h5-36H,1-4H3. The van der Waals surface area contributed by atoms with Crippen molar-refractivity contribution in [1.82, 2.24) is 9.97 Å². The minimum atomic E-state index is -0.184. The van der Waals surface area contributed by atoms with Gasteiger partial charge in [0, 0.05) is 27.5 Å². The molecule has 0 saturated carbocycles. The van der Waals surface area contributed by atoms with Gasteiger partial charge < -0.3 is 0 Å². The van der Waals surface area contributed by atoms with Crippen LogP contribution in [0.2, 0.25) is 0 Å². The summed E-state index contributed by atoms with van der Waals surface area (Å²) in [6, 6.07) is 71.0. The first-order valence-corrected chi connectivity index (χ1v) is 21.7. The maximum atomic E-state index is 5.36. The van der Waals surface area contributed by atoms with Crippen molar-refractivity contribution in [3.05, 3.63) is 216 Å². The molecule has 0 amide bonds. The Hall–Kier alpha value is -7.42. The van der Waals surface area contributed by atoms with Crippen LogP contribution in [0.5, 0.6) is 0 Å². The number of aromatic nitrogens is 2. The first-order valence-electron chi connectivity index (χ1n) is 21.7. The average molecular weight is 793 g/mol. The quantitative estimate of drug-likeness (QED) is 0.173. The fourth-order valence-corrected chi connectivity index (χ4v) is 10.7. The Morgan fingerprint density at radius 1 is 0.306 bits per heavy atom. The van der Waals surface area contributed by atoms with E-state index in [4.69, 9.17) is 9.97 Å². The highest BCUT2D eigenvalue weighted by atomic mass is 14.9. The third-order valence-corrected chi connectivity index (χ3v) is 13.9. The lowest BCUT2D eigenvalue weighted by atomic mass is 9.81. The molecule has 0 saturated heterocycles. The van der Waals surface area contributed by atoms with Gasteiger partial charge in [-0.15, -0.1) is 0 Å². The van der Waals surface area contributed by atoms with Crippen molar-refractivity contribution in [2.75, 3.05) is 0 Å². The summed E-state index contributed by atoms with van der Waals surface area (Å²) in [5, 5.41) is 4.93. The van der Waals surface area contributed by atoms with Gasteiger partial charge in [-0.05, 0) is 113 Å². The zero-order valence-corrected chi connectivity index (χ0v) is 35.4. The fourth-order valence-electron chi connectivity index (χ4n) is 10.7. The van der Waals surface area contributed by atoms with Gasteiger partial charge in [0.25, 0.3) is 0 Å². The van der Waals surface area contributed by atoms with Crippen LogP contribution in [0.4, 0.5) is 0 Å². The Labute approximate surface area is 363 Å². The summed E-state index contributed by atoms with van der Waals surface area (Å²) >= 11 is 0. The van der Waals surface area contributed by atoms with Crippen LogP contribution in [0.25, 0.3) is 100.0 Å². The molecule has 0 unspecified atom stereocenters. The normalized spacial score (nSPS) is 14.1. The highest BCUT2D eigenvalue weighted by molar-refractivity contribution is 6.09. The lowest BCUT2D eigenvalue weighted by Gasteiger charge is -2.22. The van der Waals surface area contributed by atoms with Crippen molar-refractivity contribution in [2.45, 2.75) is 38.5 Å². The van der Waals surface area contributed by atoms with Crippen LogP contribution in [-0.2, 0) is 10.8 Å². The molecule has 0 aliphatic heterocycles. The average Bonchev–Trinajstić information content (AvgIpc) is 3.69. The fraction of sp³-hybridized carbons (Fsp3) is 0.100. The summed E-state index contributed by atoms with van der Waals surface area (Å²) in [5.41, 5.74) is 20.4. The van der Waals surface area contributed by atoms with Gasteiger partial charge in [-0.2, -0.15) is 0 Å². The lowest BCUT2D eigenvalue weighted by Crippen LogP contribution is -2.15. The van der Waals surface area contributed by atoms with Gasteiger partial charge in [-0.25, -0.2) is 9.97 Å². The Morgan fingerprint density at radius 2 is 0.839 bits per heavy atom. The third kappa shape index (κ3) is 5.43. The second-order valence-corrected chi connectivity index (χ2v) is 18.1. The summed E-state index contributed by atoms with van der Waals surface area (Å²) < 4.78 is 0. The SMILES string of the molecule is CC1(C)c2cc(-c3cc(-c4ccc(-c5cccc6c5-c5cc7ccccc7cc5C6(C)C)c5ccccc45)nc(-c4ccccc4)n3)ccc2-c2c(-c3ccccc3)cccc21. The predicted octanol–water partition coefficient (Wildman–Crippen LogP) is 15.7. The molecule has 0 radical (unpaired) electrons. The van der Waals surface area contributed by atoms with Gasteiger partial charge in [0.1, 0.15) is 0 Å². The van der Waals surface area contributed by atoms with Gasteiger partial charge in [-0.1, -0.05) is 198 Å². The van der Waals surface area contributed by atoms with E-state index in [-0.39, 0.29) is 10.8 Å². The van der Waals surface area contributed by atoms with Crippen LogP contribution in [0, 0.1) is 0 Å². The van der Waals surface area contributed by atoms with Crippen LogP contribution < -0.4 is 0 Å². The molecule has 2 nitrogen and oxygen atoms in total. The van der Waals surface area contributed by atoms with Crippen molar-refractivity contribution in [3.8, 4) is 78.4 Å². The maximum absolute atomic E-state index is 5.36. The third-order valence-electron chi connectivity index (χ3n) is 13.9. The van der Waals surface area contributed by atoms with Crippen molar-refractivity contribution in [1.29, 1.82) is 0 Å². The molecule has 294 valence electrons. The summed E-state index contributed by atoms with van der Waals surface area (Å²) in [4.78, 5) is 10.7. The summed E-state index contributed by atoms with van der Waals surface area (Å²) in [6.45, 7) is 9.46. The number of rotatable bonds is 5. The predicted molar refractivity (Wildman–Crippen MR) is 259 cm³/mol. The molecule has 9 aromatic carbocycles. The molecule has 2 aliphatic rings. The molecule has 0 atom stereocenters. The van der Waals surface area contributed by atoms with E-state index in [9.17, 15) is 0 Å². The Kier molecular flexibility index (Phi) is 7.96. The lowest BCUT2D eigenvalue weighted by molar-refractivity contribution is 0.660. The van der Waals surface area contributed by atoms with Gasteiger partial charge in [-0.3, -0.25) is 0 Å².